The monoisotopic (exact) mass is 216 g/mol. The van der Waals surface area contributed by atoms with Crippen LogP contribution in [-0.2, 0) is 13.0 Å². The van der Waals surface area contributed by atoms with E-state index in [0.717, 1.165) is 24.4 Å². The molecule has 0 fully saturated rings. The topological polar surface area (TPSA) is 56.7 Å². The Bertz CT molecular complexity index is 462. The minimum absolute atomic E-state index is 0.650. The zero-order valence-electron chi connectivity index (χ0n) is 9.43. The van der Waals surface area contributed by atoms with E-state index >= 15 is 0 Å². The summed E-state index contributed by atoms with van der Waals surface area (Å²) in [7, 11) is 0. The number of aryl methyl sites for hydroxylation is 1. The van der Waals surface area contributed by atoms with Gasteiger partial charge in [-0.3, -0.25) is 0 Å². The molecular weight excluding hydrogens is 200 g/mol. The SMILES string of the molecule is CCn1cnnc1-c1ccccc1CCN. The number of hydrogen-bond acceptors (Lipinski definition) is 3. The van der Waals surface area contributed by atoms with Crippen molar-refractivity contribution < 1.29 is 0 Å². The fraction of sp³-hybridized carbons (Fsp3) is 0.333. The van der Waals surface area contributed by atoms with Crippen molar-refractivity contribution in [2.45, 2.75) is 19.9 Å². The third kappa shape index (κ3) is 1.97. The molecule has 0 aliphatic carbocycles. The van der Waals surface area contributed by atoms with Gasteiger partial charge in [0.15, 0.2) is 5.82 Å². The Morgan fingerprint density at radius 3 is 2.88 bits per heavy atom. The number of benzene rings is 1. The molecule has 0 amide bonds. The number of nitrogens with two attached hydrogens (primary N) is 1. The largest absolute Gasteiger partial charge is 0.330 e. The van der Waals surface area contributed by atoms with Crippen molar-refractivity contribution in [2.24, 2.45) is 5.73 Å². The number of hydrogen-bond donors (Lipinski definition) is 1. The van der Waals surface area contributed by atoms with E-state index in [0.29, 0.717) is 6.54 Å². The van der Waals surface area contributed by atoms with Crippen LogP contribution in [0.25, 0.3) is 11.4 Å². The number of rotatable bonds is 4. The summed E-state index contributed by atoms with van der Waals surface area (Å²) in [5.41, 5.74) is 7.97. The van der Waals surface area contributed by atoms with Gasteiger partial charge in [0.05, 0.1) is 0 Å². The molecule has 0 atom stereocenters. The highest BCUT2D eigenvalue weighted by molar-refractivity contribution is 5.60. The van der Waals surface area contributed by atoms with Gasteiger partial charge in [0, 0.05) is 12.1 Å². The molecule has 4 heteroatoms. The molecule has 84 valence electrons. The van der Waals surface area contributed by atoms with Crippen LogP contribution in [0, 0.1) is 0 Å². The van der Waals surface area contributed by atoms with Gasteiger partial charge in [-0.25, -0.2) is 0 Å². The van der Waals surface area contributed by atoms with Gasteiger partial charge in [0.25, 0.3) is 0 Å². The van der Waals surface area contributed by atoms with Crippen LogP contribution in [0.4, 0.5) is 0 Å². The van der Waals surface area contributed by atoms with Crippen molar-refractivity contribution in [2.75, 3.05) is 6.54 Å². The summed E-state index contributed by atoms with van der Waals surface area (Å²) < 4.78 is 2.04. The predicted molar refractivity (Wildman–Crippen MR) is 63.9 cm³/mol. The number of aromatic nitrogens is 3. The third-order valence-corrected chi connectivity index (χ3v) is 2.63. The van der Waals surface area contributed by atoms with Crippen molar-refractivity contribution in [1.29, 1.82) is 0 Å². The van der Waals surface area contributed by atoms with E-state index in [1.807, 2.05) is 16.7 Å². The van der Waals surface area contributed by atoms with Crippen molar-refractivity contribution in [3.8, 4) is 11.4 Å². The lowest BCUT2D eigenvalue weighted by Crippen LogP contribution is -2.05. The van der Waals surface area contributed by atoms with Crippen LogP contribution in [0.3, 0.4) is 0 Å². The standard InChI is InChI=1S/C12H16N4/c1-2-16-9-14-15-12(16)11-6-4-3-5-10(11)7-8-13/h3-6,9H,2,7-8,13H2,1H3. The fourth-order valence-corrected chi connectivity index (χ4v) is 1.81. The average molecular weight is 216 g/mol. The van der Waals surface area contributed by atoms with E-state index in [2.05, 4.69) is 29.3 Å². The second-order valence-corrected chi connectivity index (χ2v) is 3.64. The van der Waals surface area contributed by atoms with Crippen LogP contribution < -0.4 is 5.73 Å². The Hall–Kier alpha value is -1.68. The fourth-order valence-electron chi connectivity index (χ4n) is 1.81. The molecular formula is C12H16N4. The van der Waals surface area contributed by atoms with Gasteiger partial charge in [-0.1, -0.05) is 24.3 Å². The first-order valence-corrected chi connectivity index (χ1v) is 5.53. The number of nitrogens with zero attached hydrogens (tertiary/aromatic N) is 3. The highest BCUT2D eigenvalue weighted by Crippen LogP contribution is 2.21. The Morgan fingerprint density at radius 2 is 2.12 bits per heavy atom. The lowest BCUT2D eigenvalue weighted by molar-refractivity contribution is 0.765. The van der Waals surface area contributed by atoms with Crippen LogP contribution in [-0.4, -0.2) is 21.3 Å². The molecule has 1 aromatic carbocycles. The van der Waals surface area contributed by atoms with E-state index in [1.165, 1.54) is 5.56 Å². The van der Waals surface area contributed by atoms with Crippen LogP contribution in [0.15, 0.2) is 30.6 Å². The minimum Gasteiger partial charge on any atom is -0.330 e. The van der Waals surface area contributed by atoms with Crippen LogP contribution in [0.2, 0.25) is 0 Å². The van der Waals surface area contributed by atoms with E-state index in [-0.39, 0.29) is 0 Å². The smallest absolute Gasteiger partial charge is 0.164 e. The molecule has 2 rings (SSSR count). The van der Waals surface area contributed by atoms with Gasteiger partial charge < -0.3 is 10.3 Å². The molecule has 0 aliphatic rings. The normalized spacial score (nSPS) is 10.6. The average Bonchev–Trinajstić information content (AvgIpc) is 2.78. The van der Waals surface area contributed by atoms with E-state index in [9.17, 15) is 0 Å². The van der Waals surface area contributed by atoms with Crippen LogP contribution in [0.5, 0.6) is 0 Å². The second kappa shape index (κ2) is 4.90. The zero-order chi connectivity index (χ0) is 11.4. The molecule has 0 saturated carbocycles. The Labute approximate surface area is 95.1 Å². The molecule has 16 heavy (non-hydrogen) atoms. The first-order chi connectivity index (χ1) is 7.86. The summed E-state index contributed by atoms with van der Waals surface area (Å²) in [4.78, 5) is 0. The Balaban J connectivity index is 2.46. The summed E-state index contributed by atoms with van der Waals surface area (Å²) in [6.45, 7) is 3.61. The van der Waals surface area contributed by atoms with Gasteiger partial charge in [-0.15, -0.1) is 10.2 Å². The summed E-state index contributed by atoms with van der Waals surface area (Å²) in [6, 6.07) is 8.21. The van der Waals surface area contributed by atoms with Gasteiger partial charge in [0.2, 0.25) is 0 Å². The van der Waals surface area contributed by atoms with Crippen LogP contribution >= 0.6 is 0 Å². The first-order valence-electron chi connectivity index (χ1n) is 5.53. The maximum absolute atomic E-state index is 5.61. The maximum Gasteiger partial charge on any atom is 0.164 e. The van der Waals surface area contributed by atoms with Crippen LogP contribution in [0.1, 0.15) is 12.5 Å². The molecule has 1 aromatic heterocycles. The summed E-state index contributed by atoms with van der Waals surface area (Å²) >= 11 is 0. The quantitative estimate of drug-likeness (QED) is 0.842. The summed E-state index contributed by atoms with van der Waals surface area (Å²) in [5, 5.41) is 8.12. The summed E-state index contributed by atoms with van der Waals surface area (Å²) in [5.74, 6) is 0.923. The zero-order valence-corrected chi connectivity index (χ0v) is 9.43. The lowest BCUT2D eigenvalue weighted by atomic mass is 10.0. The van der Waals surface area contributed by atoms with Crippen molar-refractivity contribution in [3.05, 3.63) is 36.2 Å². The third-order valence-electron chi connectivity index (χ3n) is 2.63. The lowest BCUT2D eigenvalue weighted by Gasteiger charge is -2.08. The molecule has 0 saturated heterocycles. The Kier molecular flexibility index (Phi) is 3.31. The van der Waals surface area contributed by atoms with Crippen molar-refractivity contribution in [3.63, 3.8) is 0 Å². The van der Waals surface area contributed by atoms with E-state index < -0.39 is 0 Å². The maximum atomic E-state index is 5.61. The molecule has 0 unspecified atom stereocenters. The molecule has 0 spiro atoms. The first kappa shape index (κ1) is 10.8. The Morgan fingerprint density at radius 1 is 1.31 bits per heavy atom. The van der Waals surface area contributed by atoms with Crippen molar-refractivity contribution in [1.82, 2.24) is 14.8 Å². The van der Waals surface area contributed by atoms with E-state index in [1.54, 1.807) is 6.33 Å². The highest BCUT2D eigenvalue weighted by atomic mass is 15.3. The molecule has 4 nitrogen and oxygen atoms in total. The van der Waals surface area contributed by atoms with Gasteiger partial charge in [-0.2, -0.15) is 0 Å². The highest BCUT2D eigenvalue weighted by Gasteiger charge is 2.09. The second-order valence-electron chi connectivity index (χ2n) is 3.64. The molecule has 2 N–H and O–H groups in total. The molecule has 0 radical (unpaired) electrons. The van der Waals surface area contributed by atoms with Gasteiger partial charge in [0.1, 0.15) is 6.33 Å². The predicted octanol–water partition coefficient (Wildman–Crippen LogP) is 1.47. The minimum atomic E-state index is 0.650. The summed E-state index contributed by atoms with van der Waals surface area (Å²) in [6.07, 6.45) is 2.63. The molecule has 0 aliphatic heterocycles. The molecule has 2 aromatic rings. The van der Waals surface area contributed by atoms with Crippen molar-refractivity contribution >= 4 is 0 Å². The van der Waals surface area contributed by atoms with Gasteiger partial charge >= 0.3 is 0 Å². The van der Waals surface area contributed by atoms with E-state index in [4.69, 9.17) is 5.73 Å². The molecule has 0 bridgehead atoms. The van der Waals surface area contributed by atoms with Gasteiger partial charge in [-0.05, 0) is 25.5 Å². The molecule has 1 heterocycles.